The Morgan fingerprint density at radius 1 is 0.872 bits per heavy atom. The van der Waals surface area contributed by atoms with Gasteiger partial charge in [-0.15, -0.1) is 0 Å². The van der Waals surface area contributed by atoms with Gasteiger partial charge in [-0.25, -0.2) is 4.79 Å². The molecule has 2 aromatic carbocycles. The maximum absolute atomic E-state index is 11.4. The Labute approximate surface area is 284 Å². The second-order valence-corrected chi connectivity index (χ2v) is 18.4. The summed E-state index contributed by atoms with van der Waals surface area (Å²) in [4.78, 5) is 11.1. The Hall–Kier alpha value is -3.07. The highest BCUT2D eigenvalue weighted by molar-refractivity contribution is 6.99. The molecule has 258 valence electrons. The van der Waals surface area contributed by atoms with Gasteiger partial charge in [-0.2, -0.15) is 0 Å². The number of aliphatic hydroxyl groups is 2. The van der Waals surface area contributed by atoms with Crippen LogP contribution in [0.15, 0.2) is 108 Å². The molecule has 0 saturated heterocycles. The molecule has 0 amide bonds. The number of hydrogen-bond donors (Lipinski definition) is 3. The lowest BCUT2D eigenvalue weighted by Crippen LogP contribution is -2.67. The number of aliphatic carboxylic acids is 1. The van der Waals surface area contributed by atoms with E-state index in [1.54, 1.807) is 20.1 Å². The number of carboxylic acids is 1. The molecule has 0 aliphatic heterocycles. The normalized spacial score (nSPS) is 17.7. The third-order valence-electron chi connectivity index (χ3n) is 8.93. The van der Waals surface area contributed by atoms with Crippen LogP contribution in [0.2, 0.25) is 5.04 Å². The van der Waals surface area contributed by atoms with Crippen LogP contribution in [0.3, 0.4) is 0 Å². The largest absolute Gasteiger partial charge is 0.478 e. The highest BCUT2D eigenvalue weighted by Gasteiger charge is 2.50. The van der Waals surface area contributed by atoms with Crippen molar-refractivity contribution >= 4 is 24.7 Å². The Bertz CT molecular complexity index is 1330. The third-order valence-corrected chi connectivity index (χ3v) is 13.9. The van der Waals surface area contributed by atoms with E-state index in [0.29, 0.717) is 13.0 Å². The van der Waals surface area contributed by atoms with Gasteiger partial charge in [-0.3, -0.25) is 0 Å². The van der Waals surface area contributed by atoms with Crippen molar-refractivity contribution in [2.45, 2.75) is 92.1 Å². The van der Waals surface area contributed by atoms with Crippen LogP contribution in [0.5, 0.6) is 0 Å². The Morgan fingerprint density at radius 2 is 1.40 bits per heavy atom. The number of rotatable bonds is 17. The average molecular weight is 663 g/mol. The number of methoxy groups -OCH3 is 1. The summed E-state index contributed by atoms with van der Waals surface area (Å²) in [6.45, 7) is 18.5. The van der Waals surface area contributed by atoms with Crippen molar-refractivity contribution in [3.63, 3.8) is 0 Å². The zero-order chi connectivity index (χ0) is 35.4. The molecule has 0 unspecified atom stereocenters. The molecule has 0 fully saturated rings. The van der Waals surface area contributed by atoms with Crippen LogP contribution >= 0.6 is 0 Å². The molecule has 47 heavy (non-hydrogen) atoms. The molecular weight excluding hydrogens is 605 g/mol. The Morgan fingerprint density at radius 3 is 1.87 bits per heavy atom. The summed E-state index contributed by atoms with van der Waals surface area (Å²) in [7, 11) is -1.12. The van der Waals surface area contributed by atoms with Gasteiger partial charge in [-0.1, -0.05) is 138 Å². The lowest BCUT2D eigenvalue weighted by Gasteiger charge is -2.44. The van der Waals surface area contributed by atoms with Gasteiger partial charge in [0.05, 0.1) is 12.2 Å². The van der Waals surface area contributed by atoms with Crippen molar-refractivity contribution in [1.29, 1.82) is 0 Å². The average Bonchev–Trinajstić information content (AvgIpc) is 3.02. The number of allylic oxidation sites excluding steroid dienone is 5. The number of aliphatic hydroxyl groups excluding tert-OH is 2. The molecule has 0 spiro atoms. The van der Waals surface area contributed by atoms with Gasteiger partial charge in [-0.05, 0) is 54.6 Å². The number of carboxylic acid groups (broad SMARTS) is 1. The zero-order valence-corrected chi connectivity index (χ0v) is 31.1. The first-order valence-corrected chi connectivity index (χ1v) is 18.5. The number of benzene rings is 2. The Kier molecular flexibility index (Phi) is 15.8. The van der Waals surface area contributed by atoms with E-state index in [9.17, 15) is 15.0 Å². The van der Waals surface area contributed by atoms with Gasteiger partial charge in [0.1, 0.15) is 6.10 Å². The van der Waals surface area contributed by atoms with E-state index in [1.165, 1.54) is 10.4 Å². The summed E-state index contributed by atoms with van der Waals surface area (Å²) in [6, 6.07) is 21.0. The second-order valence-electron chi connectivity index (χ2n) is 14.1. The standard InChI is InChI=1S/C40H58O6Si/c1-28(24-30(3)37(41)31(4)25-29(2)26-32(5)39(43)44)18-17-23-36(45-10)38(42)33(6)27-46-47(40(7,8)9,34-19-13-11-14-20-34)35-21-15-12-16-22-35/h11-23,25-26,30-31,33,36-38,41-42H,24,27H2,1-10H3,(H,43,44)/b23-17+,28-18+,29-25+,32-26+/t30-,31+,33+,36-,37-,38+/m0/s1. The molecule has 0 bridgehead atoms. The van der Waals surface area contributed by atoms with Crippen LogP contribution in [0.25, 0.3) is 0 Å². The summed E-state index contributed by atoms with van der Waals surface area (Å²) < 4.78 is 12.8. The van der Waals surface area contributed by atoms with Crippen molar-refractivity contribution in [1.82, 2.24) is 0 Å². The summed E-state index contributed by atoms with van der Waals surface area (Å²) in [5, 5.41) is 33.7. The molecule has 6 nitrogen and oxygen atoms in total. The van der Waals surface area contributed by atoms with Gasteiger partial charge in [0.2, 0.25) is 0 Å². The summed E-state index contributed by atoms with van der Waals surface area (Å²) >= 11 is 0. The van der Waals surface area contributed by atoms with E-state index in [2.05, 4.69) is 69.3 Å². The maximum atomic E-state index is 11.4. The molecule has 0 heterocycles. The molecule has 0 aliphatic carbocycles. The first kappa shape index (κ1) is 40.1. The molecule has 3 N–H and O–H groups in total. The monoisotopic (exact) mass is 662 g/mol. The van der Waals surface area contributed by atoms with Gasteiger partial charge in [0, 0.05) is 31.1 Å². The third kappa shape index (κ3) is 11.3. The topological polar surface area (TPSA) is 96.2 Å². The minimum Gasteiger partial charge on any atom is -0.478 e. The minimum absolute atomic E-state index is 0.00860. The molecule has 0 saturated carbocycles. The van der Waals surface area contributed by atoms with E-state index in [1.807, 2.05) is 71.1 Å². The molecule has 7 heteroatoms. The molecular formula is C40H58O6Si. The number of ether oxygens (including phenoxy) is 1. The minimum atomic E-state index is -2.73. The lowest BCUT2D eigenvalue weighted by atomic mass is 9.87. The van der Waals surface area contributed by atoms with E-state index in [4.69, 9.17) is 14.3 Å². The van der Waals surface area contributed by atoms with Gasteiger partial charge >= 0.3 is 5.97 Å². The second kappa shape index (κ2) is 18.5. The highest BCUT2D eigenvalue weighted by atomic mass is 28.4. The fourth-order valence-corrected chi connectivity index (χ4v) is 10.9. The predicted molar refractivity (Wildman–Crippen MR) is 197 cm³/mol. The van der Waals surface area contributed by atoms with E-state index in [0.717, 1.165) is 11.1 Å². The highest BCUT2D eigenvalue weighted by Crippen LogP contribution is 2.37. The van der Waals surface area contributed by atoms with Crippen LogP contribution in [-0.2, 0) is 14.0 Å². The van der Waals surface area contributed by atoms with Crippen LogP contribution in [-0.4, -0.2) is 61.6 Å². The van der Waals surface area contributed by atoms with Crippen LogP contribution in [0.4, 0.5) is 0 Å². The van der Waals surface area contributed by atoms with E-state index in [-0.39, 0.29) is 28.4 Å². The summed E-state index contributed by atoms with van der Waals surface area (Å²) in [5.41, 5.74) is 2.17. The fraction of sp³-hybridized carbons (Fsp3) is 0.475. The predicted octanol–water partition coefficient (Wildman–Crippen LogP) is 7.08. The quantitative estimate of drug-likeness (QED) is 0.0953. The maximum Gasteiger partial charge on any atom is 0.331 e. The van der Waals surface area contributed by atoms with Crippen molar-refractivity contribution < 1.29 is 29.3 Å². The lowest BCUT2D eigenvalue weighted by molar-refractivity contribution is -0.132. The zero-order valence-electron chi connectivity index (χ0n) is 30.1. The van der Waals surface area contributed by atoms with Gasteiger partial charge in [0.15, 0.2) is 0 Å². The molecule has 0 aliphatic rings. The number of hydrogen-bond acceptors (Lipinski definition) is 5. The molecule has 2 aromatic rings. The summed E-state index contributed by atoms with van der Waals surface area (Å²) in [6.07, 6.45) is 8.13. The SMILES string of the molecule is CO[C@@H](/C=C/C=C(\C)C[C@H](C)[C@H](O)[C@H](C)/C=C(C)/C=C(\C)C(=O)O)[C@H](O)[C@H](C)CO[Si](c1ccccc1)(c1ccccc1)C(C)(C)C. The molecule has 0 aromatic heterocycles. The van der Waals surface area contributed by atoms with Gasteiger partial charge in [0.25, 0.3) is 8.32 Å². The van der Waals surface area contributed by atoms with Crippen LogP contribution in [0, 0.1) is 17.8 Å². The van der Waals surface area contributed by atoms with Crippen molar-refractivity contribution in [3.8, 4) is 0 Å². The Balaban J connectivity index is 2.13. The molecule has 6 atom stereocenters. The first-order chi connectivity index (χ1) is 22.0. The van der Waals surface area contributed by atoms with E-state index >= 15 is 0 Å². The smallest absolute Gasteiger partial charge is 0.331 e. The molecule has 0 radical (unpaired) electrons. The first-order valence-electron chi connectivity index (χ1n) is 16.6. The summed E-state index contributed by atoms with van der Waals surface area (Å²) in [5.74, 6) is -1.29. The van der Waals surface area contributed by atoms with Gasteiger partial charge < -0.3 is 24.5 Å². The van der Waals surface area contributed by atoms with Crippen LogP contribution in [0.1, 0.15) is 68.7 Å². The van der Waals surface area contributed by atoms with Crippen LogP contribution < -0.4 is 10.4 Å². The van der Waals surface area contributed by atoms with Crippen molar-refractivity contribution in [3.05, 3.63) is 108 Å². The van der Waals surface area contributed by atoms with Crippen molar-refractivity contribution in [2.24, 2.45) is 17.8 Å². The van der Waals surface area contributed by atoms with E-state index < -0.39 is 32.6 Å². The van der Waals surface area contributed by atoms with Crippen molar-refractivity contribution in [2.75, 3.05) is 13.7 Å². The number of carbonyl (C=O) groups is 1. The fourth-order valence-electron chi connectivity index (χ4n) is 6.28. The molecule has 2 rings (SSSR count).